The summed E-state index contributed by atoms with van der Waals surface area (Å²) >= 11 is 0. The number of likely N-dealkylation sites (N-methyl/N-ethyl adjacent to an activating group) is 1. The molecule has 24 heavy (non-hydrogen) atoms. The molecule has 1 saturated heterocycles. The zero-order chi connectivity index (χ0) is 17.5. The summed E-state index contributed by atoms with van der Waals surface area (Å²) in [4.78, 5) is 28.1. The van der Waals surface area contributed by atoms with Gasteiger partial charge in [-0.3, -0.25) is 14.5 Å². The Morgan fingerprint density at radius 1 is 1.12 bits per heavy atom. The third kappa shape index (κ3) is 5.34. The molecule has 1 aliphatic heterocycles. The van der Waals surface area contributed by atoms with Crippen molar-refractivity contribution in [2.75, 3.05) is 39.3 Å². The summed E-state index contributed by atoms with van der Waals surface area (Å²) in [6, 6.07) is 6.40. The number of rotatable bonds is 6. The van der Waals surface area contributed by atoms with Crippen LogP contribution in [0.2, 0.25) is 0 Å². The van der Waals surface area contributed by atoms with Crippen LogP contribution in [0.25, 0.3) is 0 Å². The Morgan fingerprint density at radius 3 is 2.46 bits per heavy atom. The number of carbonyl (C=O) groups is 2. The van der Waals surface area contributed by atoms with Crippen LogP contribution in [0.5, 0.6) is 0 Å². The first-order chi connectivity index (χ1) is 11.5. The minimum absolute atomic E-state index is 0.0622. The Hall–Kier alpha value is -1.88. The van der Waals surface area contributed by atoms with E-state index < -0.39 is 0 Å². The van der Waals surface area contributed by atoms with Crippen LogP contribution in [0.4, 0.5) is 0 Å². The van der Waals surface area contributed by atoms with E-state index in [-0.39, 0.29) is 11.8 Å². The van der Waals surface area contributed by atoms with E-state index in [4.69, 9.17) is 0 Å². The predicted molar refractivity (Wildman–Crippen MR) is 95.9 cm³/mol. The highest BCUT2D eigenvalue weighted by molar-refractivity contribution is 5.78. The van der Waals surface area contributed by atoms with Crippen molar-refractivity contribution < 1.29 is 9.59 Å². The van der Waals surface area contributed by atoms with E-state index in [0.29, 0.717) is 32.6 Å². The summed E-state index contributed by atoms with van der Waals surface area (Å²) < 4.78 is 0. The van der Waals surface area contributed by atoms with Crippen LogP contribution in [0.15, 0.2) is 18.2 Å². The smallest absolute Gasteiger partial charge is 0.234 e. The SMILES string of the molecule is CCNC(=O)CN1CCN(C(=O)CCc2ccc(C)cc2C)CC1. The summed E-state index contributed by atoms with van der Waals surface area (Å²) in [6.45, 7) is 10.2. The minimum atomic E-state index is 0.0622. The molecule has 2 amide bonds. The lowest BCUT2D eigenvalue weighted by Gasteiger charge is -2.34. The number of carbonyl (C=O) groups excluding carboxylic acids is 2. The first-order valence-corrected chi connectivity index (χ1v) is 8.82. The molecule has 1 N–H and O–H groups in total. The van der Waals surface area contributed by atoms with Crippen LogP contribution in [0.3, 0.4) is 0 Å². The molecule has 1 heterocycles. The number of hydrogen-bond acceptors (Lipinski definition) is 3. The van der Waals surface area contributed by atoms with Gasteiger partial charge in [0.25, 0.3) is 0 Å². The Labute approximate surface area is 145 Å². The fourth-order valence-corrected chi connectivity index (χ4v) is 3.14. The van der Waals surface area contributed by atoms with E-state index >= 15 is 0 Å². The fourth-order valence-electron chi connectivity index (χ4n) is 3.14. The van der Waals surface area contributed by atoms with Gasteiger partial charge in [-0.15, -0.1) is 0 Å². The number of nitrogens with zero attached hydrogens (tertiary/aromatic N) is 2. The van der Waals surface area contributed by atoms with Gasteiger partial charge >= 0.3 is 0 Å². The standard InChI is InChI=1S/C19H29N3O2/c1-4-20-18(23)14-21-9-11-22(12-10-21)19(24)8-7-17-6-5-15(2)13-16(17)3/h5-6,13H,4,7-12,14H2,1-3H3,(H,20,23). The predicted octanol–water partition coefficient (Wildman–Crippen LogP) is 1.52. The summed E-state index contributed by atoms with van der Waals surface area (Å²) in [5.74, 6) is 0.278. The highest BCUT2D eigenvalue weighted by Crippen LogP contribution is 2.14. The molecule has 0 aliphatic carbocycles. The van der Waals surface area contributed by atoms with Crippen molar-refractivity contribution in [3.8, 4) is 0 Å². The van der Waals surface area contributed by atoms with Crippen LogP contribution < -0.4 is 5.32 Å². The van der Waals surface area contributed by atoms with Crippen LogP contribution in [0.1, 0.15) is 30.0 Å². The quantitative estimate of drug-likeness (QED) is 0.860. The van der Waals surface area contributed by atoms with E-state index in [1.807, 2.05) is 11.8 Å². The normalized spacial score (nSPS) is 15.4. The van der Waals surface area contributed by atoms with Crippen molar-refractivity contribution in [1.82, 2.24) is 15.1 Å². The third-order valence-corrected chi connectivity index (χ3v) is 4.57. The molecule has 0 radical (unpaired) electrons. The largest absolute Gasteiger partial charge is 0.355 e. The molecule has 0 aromatic heterocycles. The lowest BCUT2D eigenvalue weighted by Crippen LogP contribution is -2.51. The molecule has 1 aliphatic rings. The minimum Gasteiger partial charge on any atom is -0.355 e. The van der Waals surface area contributed by atoms with Gasteiger partial charge in [0.2, 0.25) is 11.8 Å². The van der Waals surface area contributed by atoms with E-state index in [1.165, 1.54) is 16.7 Å². The Morgan fingerprint density at radius 2 is 1.83 bits per heavy atom. The monoisotopic (exact) mass is 331 g/mol. The summed E-state index contributed by atoms with van der Waals surface area (Å²) in [5.41, 5.74) is 3.77. The molecular formula is C19H29N3O2. The summed E-state index contributed by atoms with van der Waals surface area (Å²) in [7, 11) is 0. The average molecular weight is 331 g/mol. The van der Waals surface area contributed by atoms with Gasteiger partial charge in [0.05, 0.1) is 6.54 Å². The lowest BCUT2D eigenvalue weighted by atomic mass is 10.0. The lowest BCUT2D eigenvalue weighted by molar-refractivity contribution is -0.133. The van der Waals surface area contributed by atoms with Crippen molar-refractivity contribution in [2.24, 2.45) is 0 Å². The molecule has 0 unspecified atom stereocenters. The van der Waals surface area contributed by atoms with E-state index in [2.05, 4.69) is 42.3 Å². The first-order valence-electron chi connectivity index (χ1n) is 8.82. The van der Waals surface area contributed by atoms with Crippen molar-refractivity contribution in [3.63, 3.8) is 0 Å². The van der Waals surface area contributed by atoms with Gasteiger partial charge in [-0.2, -0.15) is 0 Å². The van der Waals surface area contributed by atoms with Crippen LogP contribution in [0, 0.1) is 13.8 Å². The van der Waals surface area contributed by atoms with Crippen molar-refractivity contribution >= 4 is 11.8 Å². The number of nitrogens with one attached hydrogen (secondary N) is 1. The molecule has 0 saturated carbocycles. The van der Waals surface area contributed by atoms with Crippen molar-refractivity contribution in [3.05, 3.63) is 34.9 Å². The molecule has 5 nitrogen and oxygen atoms in total. The third-order valence-electron chi connectivity index (χ3n) is 4.57. The Kier molecular flexibility index (Phi) is 6.79. The van der Waals surface area contributed by atoms with Gasteiger partial charge in [0.15, 0.2) is 0 Å². The second-order valence-corrected chi connectivity index (χ2v) is 6.54. The number of hydrogen-bond donors (Lipinski definition) is 1. The molecule has 0 bridgehead atoms. The average Bonchev–Trinajstić information content (AvgIpc) is 2.54. The first kappa shape index (κ1) is 18.5. The van der Waals surface area contributed by atoms with Crippen molar-refractivity contribution in [1.29, 1.82) is 0 Å². The molecule has 1 fully saturated rings. The molecule has 5 heteroatoms. The maximum absolute atomic E-state index is 12.4. The molecular weight excluding hydrogens is 302 g/mol. The maximum Gasteiger partial charge on any atom is 0.234 e. The van der Waals surface area contributed by atoms with Crippen molar-refractivity contribution in [2.45, 2.75) is 33.6 Å². The zero-order valence-electron chi connectivity index (χ0n) is 15.1. The maximum atomic E-state index is 12.4. The molecule has 0 spiro atoms. The molecule has 1 aromatic rings. The number of aryl methyl sites for hydroxylation is 3. The van der Waals surface area contributed by atoms with E-state index in [0.717, 1.165) is 19.5 Å². The topological polar surface area (TPSA) is 52.7 Å². The summed E-state index contributed by atoms with van der Waals surface area (Å²) in [6.07, 6.45) is 1.35. The van der Waals surface area contributed by atoms with Gasteiger partial charge < -0.3 is 10.2 Å². The molecule has 0 atom stereocenters. The zero-order valence-corrected chi connectivity index (χ0v) is 15.1. The fraction of sp³-hybridized carbons (Fsp3) is 0.579. The van der Waals surface area contributed by atoms with Gasteiger partial charge in [-0.05, 0) is 38.3 Å². The Balaban J connectivity index is 1.75. The van der Waals surface area contributed by atoms with Crippen LogP contribution >= 0.6 is 0 Å². The van der Waals surface area contributed by atoms with Gasteiger partial charge in [-0.25, -0.2) is 0 Å². The molecule has 2 rings (SSSR count). The van der Waals surface area contributed by atoms with E-state index in [9.17, 15) is 9.59 Å². The van der Waals surface area contributed by atoms with Gasteiger partial charge in [0, 0.05) is 39.1 Å². The number of benzene rings is 1. The highest BCUT2D eigenvalue weighted by atomic mass is 16.2. The van der Waals surface area contributed by atoms with Gasteiger partial charge in [0.1, 0.15) is 0 Å². The second kappa shape index (κ2) is 8.83. The Bertz CT molecular complexity index is 578. The molecule has 1 aromatic carbocycles. The number of amides is 2. The highest BCUT2D eigenvalue weighted by Gasteiger charge is 2.22. The molecule has 132 valence electrons. The van der Waals surface area contributed by atoms with Crippen LogP contribution in [-0.4, -0.2) is 60.9 Å². The number of piperazine rings is 1. The second-order valence-electron chi connectivity index (χ2n) is 6.54. The summed E-state index contributed by atoms with van der Waals surface area (Å²) in [5, 5.41) is 2.81. The van der Waals surface area contributed by atoms with Gasteiger partial charge in [-0.1, -0.05) is 23.8 Å². The van der Waals surface area contributed by atoms with Crippen LogP contribution in [-0.2, 0) is 16.0 Å². The van der Waals surface area contributed by atoms with E-state index in [1.54, 1.807) is 0 Å².